The fraction of sp³-hybridized carbons (Fsp3) is 0.0492. The van der Waals surface area contributed by atoms with Gasteiger partial charge in [0.15, 0.2) is 0 Å². The van der Waals surface area contributed by atoms with Crippen LogP contribution in [0.1, 0.15) is 25.0 Å². The van der Waals surface area contributed by atoms with Gasteiger partial charge < -0.3 is 4.42 Å². The maximum absolute atomic E-state index is 6.45. The molecule has 0 N–H and O–H groups in total. The molecule has 1 aliphatic carbocycles. The van der Waals surface area contributed by atoms with E-state index in [1.54, 1.807) is 0 Å². The van der Waals surface area contributed by atoms with E-state index in [4.69, 9.17) is 4.42 Å². The van der Waals surface area contributed by atoms with Gasteiger partial charge in [0.05, 0.1) is 0 Å². The molecule has 1 aromatic heterocycles. The van der Waals surface area contributed by atoms with Gasteiger partial charge >= 0.3 is 0 Å². The van der Waals surface area contributed by atoms with E-state index in [1.807, 2.05) is 0 Å². The maximum atomic E-state index is 6.45. The van der Waals surface area contributed by atoms with Crippen LogP contribution in [0.2, 0.25) is 0 Å². The lowest BCUT2D eigenvalue weighted by Crippen LogP contribution is -2.01. The molecule has 292 valence electrons. The first-order valence-electron chi connectivity index (χ1n) is 21.7. The molecule has 10 aromatic carbocycles. The Morgan fingerprint density at radius 3 is 1.71 bits per heavy atom. The van der Waals surface area contributed by atoms with Gasteiger partial charge in [0.2, 0.25) is 0 Å². The quantitative estimate of drug-likeness (QED) is 0.158. The zero-order valence-corrected chi connectivity index (χ0v) is 34.7. The van der Waals surface area contributed by atoms with Crippen LogP contribution in [-0.4, -0.2) is 0 Å². The fourth-order valence-corrected chi connectivity index (χ4v) is 9.89. The Hall–Kier alpha value is -7.74. The number of furan rings is 1. The van der Waals surface area contributed by atoms with Crippen LogP contribution in [0.25, 0.3) is 109 Å². The maximum Gasteiger partial charge on any atom is 0.135 e. The van der Waals surface area contributed by atoms with Crippen molar-refractivity contribution in [2.24, 2.45) is 5.92 Å². The third kappa shape index (κ3) is 6.00. The summed E-state index contributed by atoms with van der Waals surface area (Å²) in [4.78, 5) is 0. The molecular formula is C61H42O. The second-order valence-electron chi connectivity index (χ2n) is 16.8. The van der Waals surface area contributed by atoms with Gasteiger partial charge in [-0.3, -0.25) is 0 Å². The minimum absolute atomic E-state index is 0.284. The molecule has 1 heterocycles. The van der Waals surface area contributed by atoms with Gasteiger partial charge in [0, 0.05) is 10.8 Å². The van der Waals surface area contributed by atoms with Gasteiger partial charge in [-0.15, -0.1) is 0 Å². The van der Waals surface area contributed by atoms with Crippen LogP contribution >= 0.6 is 0 Å². The predicted octanol–water partition coefficient (Wildman–Crippen LogP) is 17.3. The zero-order chi connectivity index (χ0) is 41.3. The first-order valence-corrected chi connectivity index (χ1v) is 21.7. The average Bonchev–Trinajstić information content (AvgIpc) is 3.70. The molecule has 62 heavy (non-hydrogen) atoms. The van der Waals surface area contributed by atoms with Crippen molar-refractivity contribution in [1.82, 2.24) is 0 Å². The number of fused-ring (bicyclic) bond motifs is 10. The minimum atomic E-state index is 0.284. The summed E-state index contributed by atoms with van der Waals surface area (Å²) in [6.45, 7) is 4.43. The topological polar surface area (TPSA) is 13.1 Å². The highest BCUT2D eigenvalue weighted by atomic mass is 16.3. The molecule has 1 atom stereocenters. The molecule has 12 rings (SSSR count). The van der Waals surface area contributed by atoms with Gasteiger partial charge in [0.25, 0.3) is 0 Å². The largest absolute Gasteiger partial charge is 0.456 e. The zero-order valence-electron chi connectivity index (χ0n) is 34.7. The van der Waals surface area contributed by atoms with Gasteiger partial charge in [-0.1, -0.05) is 171 Å². The van der Waals surface area contributed by atoms with Gasteiger partial charge in [0.1, 0.15) is 11.2 Å². The fourth-order valence-electron chi connectivity index (χ4n) is 9.89. The molecule has 0 radical (unpaired) electrons. The van der Waals surface area contributed by atoms with Crippen LogP contribution in [0.15, 0.2) is 222 Å². The molecule has 11 aromatic rings. The Kier molecular flexibility index (Phi) is 8.43. The summed E-state index contributed by atoms with van der Waals surface area (Å²) < 4.78 is 6.45. The first kappa shape index (κ1) is 36.1. The lowest BCUT2D eigenvalue weighted by atomic mass is 9.85. The molecule has 1 nitrogen and oxygen atoms in total. The van der Waals surface area contributed by atoms with Crippen molar-refractivity contribution in [1.29, 1.82) is 0 Å². The monoisotopic (exact) mass is 790 g/mol. The molecule has 1 aliphatic rings. The lowest BCUT2D eigenvalue weighted by molar-refractivity contribution is 0.669. The van der Waals surface area contributed by atoms with E-state index < -0.39 is 0 Å². The number of benzene rings is 10. The third-order valence-electron chi connectivity index (χ3n) is 13.2. The smallest absolute Gasteiger partial charge is 0.135 e. The molecular weight excluding hydrogens is 749 g/mol. The molecule has 0 fully saturated rings. The van der Waals surface area contributed by atoms with E-state index in [2.05, 4.69) is 226 Å². The first-order chi connectivity index (χ1) is 30.6. The minimum Gasteiger partial charge on any atom is -0.456 e. The normalized spacial score (nSPS) is 15.3. The molecule has 0 aliphatic heterocycles. The molecule has 1 unspecified atom stereocenters. The predicted molar refractivity (Wildman–Crippen MR) is 267 cm³/mol. The second-order valence-corrected chi connectivity index (χ2v) is 16.8. The van der Waals surface area contributed by atoms with Crippen LogP contribution in [0.3, 0.4) is 0 Å². The Bertz CT molecular complexity index is 3770. The summed E-state index contributed by atoms with van der Waals surface area (Å²) in [5.41, 5.74) is 12.8. The SMILES string of the molecule is C/C=C(\C=C1\C=C(c2cc3ccccc3c3ccccc23)C=CC1C)c1ccc2oc3ccc(-c4ccc5ccc(-c6cc7ccccc7c7ccccc67)cc5c4)cc3c2c1. The van der Waals surface area contributed by atoms with Crippen molar-refractivity contribution < 1.29 is 4.42 Å². The van der Waals surface area contributed by atoms with Crippen LogP contribution in [-0.2, 0) is 0 Å². The highest BCUT2D eigenvalue weighted by Crippen LogP contribution is 2.40. The van der Waals surface area contributed by atoms with Crippen LogP contribution < -0.4 is 0 Å². The van der Waals surface area contributed by atoms with Crippen molar-refractivity contribution in [3.05, 3.63) is 229 Å². The van der Waals surface area contributed by atoms with Gasteiger partial charge in [-0.25, -0.2) is 0 Å². The molecule has 0 amide bonds. The van der Waals surface area contributed by atoms with Crippen LogP contribution in [0.4, 0.5) is 0 Å². The molecule has 0 saturated carbocycles. The van der Waals surface area contributed by atoms with Gasteiger partial charge in [-0.2, -0.15) is 0 Å². The highest BCUT2D eigenvalue weighted by molar-refractivity contribution is 6.15. The average molecular weight is 791 g/mol. The summed E-state index contributed by atoms with van der Waals surface area (Å²) in [5, 5.41) is 14.9. The van der Waals surface area contributed by atoms with Crippen molar-refractivity contribution in [2.45, 2.75) is 13.8 Å². The number of hydrogen-bond acceptors (Lipinski definition) is 1. The Morgan fingerprint density at radius 2 is 1.00 bits per heavy atom. The Balaban J connectivity index is 0.909. The number of allylic oxidation sites excluding steroid dienone is 8. The third-order valence-corrected chi connectivity index (χ3v) is 13.2. The number of rotatable bonds is 5. The van der Waals surface area contributed by atoms with E-state index >= 15 is 0 Å². The van der Waals surface area contributed by atoms with Crippen molar-refractivity contribution >= 4 is 86.9 Å². The summed E-state index contributed by atoms with van der Waals surface area (Å²) in [5.74, 6) is 0.284. The van der Waals surface area contributed by atoms with Crippen molar-refractivity contribution in [3.63, 3.8) is 0 Å². The summed E-state index contributed by atoms with van der Waals surface area (Å²) in [6.07, 6.45) is 11.6. The Labute approximate surface area is 360 Å². The van der Waals surface area contributed by atoms with E-state index in [0.29, 0.717) is 0 Å². The summed E-state index contributed by atoms with van der Waals surface area (Å²) >= 11 is 0. The van der Waals surface area contributed by atoms with E-state index in [0.717, 1.165) is 21.9 Å². The Morgan fingerprint density at radius 1 is 0.452 bits per heavy atom. The molecule has 0 spiro atoms. The number of hydrogen-bond donors (Lipinski definition) is 0. The highest BCUT2D eigenvalue weighted by Gasteiger charge is 2.17. The van der Waals surface area contributed by atoms with Gasteiger partial charge in [-0.05, 0) is 165 Å². The van der Waals surface area contributed by atoms with Crippen LogP contribution in [0.5, 0.6) is 0 Å². The van der Waals surface area contributed by atoms with E-state index in [1.165, 1.54) is 104 Å². The van der Waals surface area contributed by atoms with E-state index in [-0.39, 0.29) is 5.92 Å². The van der Waals surface area contributed by atoms with Crippen LogP contribution in [0, 0.1) is 5.92 Å². The molecule has 1 heteroatoms. The summed E-state index contributed by atoms with van der Waals surface area (Å²) in [6, 6.07) is 66.6. The van der Waals surface area contributed by atoms with Crippen molar-refractivity contribution in [2.75, 3.05) is 0 Å². The molecule has 0 bridgehead atoms. The molecule has 0 saturated heterocycles. The summed E-state index contributed by atoms with van der Waals surface area (Å²) in [7, 11) is 0. The lowest BCUT2D eigenvalue weighted by Gasteiger charge is -2.19. The second kappa shape index (κ2) is 14.5. The van der Waals surface area contributed by atoms with Crippen molar-refractivity contribution in [3.8, 4) is 22.3 Å². The van der Waals surface area contributed by atoms with E-state index in [9.17, 15) is 0 Å². The standard InChI is InChI=1S/C61H42O/c1-3-39(30-48-32-46(21-20-38(48)2)56-36-44-12-4-6-14-50(44)52-16-8-10-18-54(52)56)42-26-28-60-58(34-42)59-35-43(27-29-61(59)62-60)41-24-22-40-23-25-47(33-49(40)31-41)57-37-45-13-5-7-15-51(45)53-17-9-11-19-55(53)57/h3-38H,1-2H3/b39-3+,48-30-.